The van der Waals surface area contributed by atoms with Crippen molar-refractivity contribution in [2.24, 2.45) is 0 Å². The van der Waals surface area contributed by atoms with Crippen LogP contribution in [0.3, 0.4) is 0 Å². The van der Waals surface area contributed by atoms with Crippen LogP contribution in [0.2, 0.25) is 14.4 Å². The fourth-order valence-electron chi connectivity index (χ4n) is 1.30. The number of amides is 1. The van der Waals surface area contributed by atoms with Gasteiger partial charge in [0.05, 0.1) is 10.0 Å². The first-order valence-corrected chi connectivity index (χ1v) is 6.51. The highest BCUT2D eigenvalue weighted by molar-refractivity contribution is 7.19. The van der Waals surface area contributed by atoms with Crippen LogP contribution in [0.25, 0.3) is 0 Å². The van der Waals surface area contributed by atoms with Gasteiger partial charge in [-0.25, -0.2) is 4.79 Å². The Morgan fingerprint density at radius 2 is 1.82 bits per heavy atom. The number of hydrogen-bond acceptors (Lipinski definition) is 3. The van der Waals surface area contributed by atoms with Gasteiger partial charge in [0.15, 0.2) is 0 Å². The molecule has 0 unspecified atom stereocenters. The van der Waals surface area contributed by atoms with Crippen LogP contribution in [0.5, 0.6) is 0 Å². The molecule has 1 heterocycles. The highest BCUT2D eigenvalue weighted by Crippen LogP contribution is 2.42. The average molecular weight is 315 g/mol. The van der Waals surface area contributed by atoms with Gasteiger partial charge in [0.1, 0.15) is 14.8 Å². The van der Waals surface area contributed by atoms with Crippen molar-refractivity contribution in [2.75, 3.05) is 0 Å². The Hall–Kier alpha value is -0.490. The lowest BCUT2D eigenvalue weighted by atomic mass is 10.2. The van der Waals surface area contributed by atoms with E-state index in [2.05, 4.69) is 5.32 Å². The van der Waals surface area contributed by atoms with Gasteiger partial charge in [-0.2, -0.15) is 0 Å². The molecule has 1 amide bonds. The minimum absolute atomic E-state index is 0.0559. The first-order chi connectivity index (χ1) is 7.87. The zero-order valence-electron chi connectivity index (χ0n) is 8.22. The van der Waals surface area contributed by atoms with E-state index in [0.29, 0.717) is 12.8 Å². The molecule has 0 bridgehead atoms. The van der Waals surface area contributed by atoms with Crippen molar-refractivity contribution in [2.45, 2.75) is 18.4 Å². The zero-order chi connectivity index (χ0) is 12.8. The van der Waals surface area contributed by atoms with Crippen molar-refractivity contribution in [1.29, 1.82) is 0 Å². The fraction of sp³-hybridized carbons (Fsp3) is 0.333. The smallest absolute Gasteiger partial charge is 0.329 e. The average Bonchev–Trinajstić information content (AvgIpc) is 2.99. The molecule has 1 aliphatic rings. The molecule has 1 aromatic heterocycles. The van der Waals surface area contributed by atoms with Crippen molar-refractivity contribution < 1.29 is 14.7 Å². The molecule has 1 saturated carbocycles. The summed E-state index contributed by atoms with van der Waals surface area (Å²) in [4.78, 5) is 22.9. The van der Waals surface area contributed by atoms with E-state index in [1.54, 1.807) is 0 Å². The Labute approximate surface area is 115 Å². The number of rotatable bonds is 3. The Morgan fingerprint density at radius 3 is 2.18 bits per heavy atom. The summed E-state index contributed by atoms with van der Waals surface area (Å²) in [5.74, 6) is -1.61. The van der Waals surface area contributed by atoms with Crippen molar-refractivity contribution in [3.05, 3.63) is 19.3 Å². The molecule has 0 aliphatic heterocycles. The van der Waals surface area contributed by atoms with Gasteiger partial charge in [-0.3, -0.25) is 4.79 Å². The van der Waals surface area contributed by atoms with Crippen LogP contribution in [0.1, 0.15) is 22.5 Å². The molecule has 17 heavy (non-hydrogen) atoms. The Kier molecular flexibility index (Phi) is 3.29. The summed E-state index contributed by atoms with van der Waals surface area (Å²) in [7, 11) is 0. The molecule has 0 radical (unpaired) electrons. The van der Waals surface area contributed by atoms with E-state index < -0.39 is 17.4 Å². The van der Waals surface area contributed by atoms with Crippen LogP contribution >= 0.6 is 46.1 Å². The maximum atomic E-state index is 11.8. The number of carboxylic acids is 1. The van der Waals surface area contributed by atoms with Crippen LogP contribution in [-0.4, -0.2) is 22.5 Å². The molecule has 1 aromatic rings. The monoisotopic (exact) mass is 313 g/mol. The molecule has 8 heteroatoms. The highest BCUT2D eigenvalue weighted by atomic mass is 35.5. The predicted molar refractivity (Wildman–Crippen MR) is 66.4 cm³/mol. The molecule has 4 nitrogen and oxygen atoms in total. The molecule has 92 valence electrons. The third-order valence-corrected chi connectivity index (χ3v) is 5.05. The molecular weight excluding hydrogens is 309 g/mol. The largest absolute Gasteiger partial charge is 0.480 e. The second-order valence-electron chi connectivity index (χ2n) is 3.67. The van der Waals surface area contributed by atoms with Crippen LogP contribution in [0, 0.1) is 0 Å². The number of aliphatic carboxylic acids is 1. The number of carboxylic acid groups (broad SMARTS) is 1. The van der Waals surface area contributed by atoms with E-state index in [9.17, 15) is 9.59 Å². The SMILES string of the molecule is O=C(NC1(C(=O)O)CC1)c1sc(Cl)c(Cl)c1Cl. The second kappa shape index (κ2) is 4.31. The summed E-state index contributed by atoms with van der Waals surface area (Å²) < 4.78 is 0.210. The normalized spacial score (nSPS) is 16.6. The van der Waals surface area contributed by atoms with Crippen LogP contribution in [-0.2, 0) is 4.79 Å². The molecule has 2 N–H and O–H groups in total. The van der Waals surface area contributed by atoms with Gasteiger partial charge in [-0.15, -0.1) is 11.3 Å². The van der Waals surface area contributed by atoms with Gasteiger partial charge in [0, 0.05) is 0 Å². The van der Waals surface area contributed by atoms with Crippen molar-refractivity contribution in [1.82, 2.24) is 5.32 Å². The molecule has 1 aliphatic carbocycles. The summed E-state index contributed by atoms with van der Waals surface area (Å²) in [6.45, 7) is 0. The Morgan fingerprint density at radius 1 is 1.24 bits per heavy atom. The van der Waals surface area contributed by atoms with Gasteiger partial charge in [0.2, 0.25) is 0 Å². The molecule has 0 aromatic carbocycles. The quantitative estimate of drug-likeness (QED) is 0.901. The molecule has 1 fully saturated rings. The summed E-state index contributed by atoms with van der Waals surface area (Å²) in [5.41, 5.74) is -1.15. The summed E-state index contributed by atoms with van der Waals surface area (Å²) in [6.07, 6.45) is 0.830. The maximum absolute atomic E-state index is 11.8. The Bertz CT molecular complexity index is 510. The molecular formula is C9H6Cl3NO3S. The first-order valence-electron chi connectivity index (χ1n) is 4.56. The number of carbonyl (C=O) groups is 2. The number of carbonyl (C=O) groups excluding carboxylic acids is 1. The van der Waals surface area contributed by atoms with Crippen LogP contribution in [0.15, 0.2) is 0 Å². The Balaban J connectivity index is 2.21. The lowest BCUT2D eigenvalue weighted by Gasteiger charge is -2.11. The predicted octanol–water partition coefficient (Wildman–Crippen LogP) is 3.06. The number of hydrogen-bond donors (Lipinski definition) is 2. The van der Waals surface area contributed by atoms with Crippen molar-refractivity contribution in [3.8, 4) is 0 Å². The minimum Gasteiger partial charge on any atom is -0.480 e. The zero-order valence-corrected chi connectivity index (χ0v) is 11.3. The molecule has 0 saturated heterocycles. The standard InChI is InChI=1S/C9H6Cl3NO3S/c10-3-4(11)6(12)17-5(3)7(14)13-9(1-2-9)8(15)16/h1-2H2,(H,13,14)(H,15,16). The van der Waals surface area contributed by atoms with Gasteiger partial charge in [0.25, 0.3) is 5.91 Å². The summed E-state index contributed by atoms with van der Waals surface area (Å²) >= 11 is 18.2. The van der Waals surface area contributed by atoms with Gasteiger partial charge < -0.3 is 10.4 Å². The van der Waals surface area contributed by atoms with E-state index in [0.717, 1.165) is 11.3 Å². The van der Waals surface area contributed by atoms with Crippen LogP contribution in [0.4, 0.5) is 0 Å². The summed E-state index contributed by atoms with van der Waals surface area (Å²) in [6, 6.07) is 0. The first kappa shape index (κ1) is 13.0. The molecule has 2 rings (SSSR count). The highest BCUT2D eigenvalue weighted by Gasteiger charge is 2.52. The van der Waals surface area contributed by atoms with Gasteiger partial charge in [-0.1, -0.05) is 34.8 Å². The summed E-state index contributed by atoms with van der Waals surface area (Å²) in [5, 5.41) is 11.5. The van der Waals surface area contributed by atoms with E-state index in [4.69, 9.17) is 39.9 Å². The minimum atomic E-state index is -1.15. The van der Waals surface area contributed by atoms with Crippen molar-refractivity contribution in [3.63, 3.8) is 0 Å². The second-order valence-corrected chi connectivity index (χ2v) is 6.05. The lowest BCUT2D eigenvalue weighted by Crippen LogP contribution is -2.42. The van der Waals surface area contributed by atoms with E-state index in [1.807, 2.05) is 0 Å². The van der Waals surface area contributed by atoms with Gasteiger partial charge in [-0.05, 0) is 12.8 Å². The van der Waals surface area contributed by atoms with E-state index in [-0.39, 0.29) is 19.3 Å². The fourth-order valence-corrected chi connectivity index (χ4v) is 3.00. The molecule has 0 spiro atoms. The van der Waals surface area contributed by atoms with Crippen molar-refractivity contribution >= 4 is 58.0 Å². The topological polar surface area (TPSA) is 66.4 Å². The lowest BCUT2D eigenvalue weighted by molar-refractivity contribution is -0.140. The third-order valence-electron chi connectivity index (χ3n) is 2.47. The molecule has 0 atom stereocenters. The van der Waals surface area contributed by atoms with Gasteiger partial charge >= 0.3 is 5.97 Å². The number of halogens is 3. The number of thiophene rings is 1. The maximum Gasteiger partial charge on any atom is 0.329 e. The van der Waals surface area contributed by atoms with Crippen LogP contribution < -0.4 is 5.32 Å². The van der Waals surface area contributed by atoms with E-state index >= 15 is 0 Å². The number of nitrogens with one attached hydrogen (secondary N) is 1. The third kappa shape index (κ3) is 2.25. The van der Waals surface area contributed by atoms with E-state index in [1.165, 1.54) is 0 Å².